The summed E-state index contributed by atoms with van der Waals surface area (Å²) in [6, 6.07) is 0.345. The van der Waals surface area contributed by atoms with Crippen molar-refractivity contribution in [2.45, 2.75) is 84.1 Å². The Morgan fingerprint density at radius 2 is 1.88 bits per heavy atom. The first-order chi connectivity index (χ1) is 16.2. The lowest BCUT2D eigenvalue weighted by atomic mass is 9.93. The predicted octanol–water partition coefficient (Wildman–Crippen LogP) is 3.78. The van der Waals surface area contributed by atoms with Crippen molar-refractivity contribution < 1.29 is 14.6 Å². The van der Waals surface area contributed by atoms with Crippen LogP contribution in [-0.2, 0) is 11.3 Å². The lowest BCUT2D eigenvalue weighted by molar-refractivity contribution is 0.0139. The zero-order valence-electron chi connectivity index (χ0n) is 21.1. The van der Waals surface area contributed by atoms with E-state index >= 15 is 0 Å². The summed E-state index contributed by atoms with van der Waals surface area (Å²) in [6.45, 7) is 12.4. The second-order valence-corrected chi connectivity index (χ2v) is 10.6. The fraction of sp³-hybridized carbons (Fsp3) is 0.720. The quantitative estimate of drug-likeness (QED) is 0.660. The fourth-order valence-corrected chi connectivity index (χ4v) is 4.81. The van der Waals surface area contributed by atoms with Crippen molar-refractivity contribution in [3.63, 3.8) is 0 Å². The Morgan fingerprint density at radius 3 is 2.53 bits per heavy atom. The number of carbonyl (C=O) groups excluding carboxylic acids is 1. The molecule has 1 aliphatic carbocycles. The van der Waals surface area contributed by atoms with Crippen molar-refractivity contribution in [3.8, 4) is 0 Å². The van der Waals surface area contributed by atoms with Gasteiger partial charge in [-0.15, -0.1) is 0 Å². The van der Waals surface area contributed by atoms with Gasteiger partial charge >= 0.3 is 6.09 Å². The highest BCUT2D eigenvalue weighted by Crippen LogP contribution is 2.33. The molecule has 2 aromatic rings. The Kier molecular flexibility index (Phi) is 7.62. The molecule has 34 heavy (non-hydrogen) atoms. The van der Waals surface area contributed by atoms with Gasteiger partial charge in [-0.3, -0.25) is 4.90 Å². The van der Waals surface area contributed by atoms with E-state index in [1.165, 1.54) is 5.56 Å². The Morgan fingerprint density at radius 1 is 1.18 bits per heavy atom. The fourth-order valence-electron chi connectivity index (χ4n) is 4.81. The first kappa shape index (κ1) is 24.7. The highest BCUT2D eigenvalue weighted by Gasteiger charge is 2.28. The molecule has 2 aromatic heterocycles. The normalized spacial score (nSPS) is 22.2. The molecule has 2 N–H and O–H groups in total. The number of fused-ring (bicyclic) bond motifs is 1. The molecule has 0 bridgehead atoms. The van der Waals surface area contributed by atoms with Crippen LogP contribution in [-0.4, -0.2) is 80.0 Å². The number of ether oxygens (including phenoxy) is 1. The van der Waals surface area contributed by atoms with Crippen LogP contribution in [0, 0.1) is 0 Å². The minimum Gasteiger partial charge on any atom is -0.444 e. The van der Waals surface area contributed by atoms with Crippen molar-refractivity contribution in [3.05, 3.63) is 18.0 Å². The first-order valence-corrected chi connectivity index (χ1v) is 12.7. The number of hydrogen-bond acceptors (Lipinski definition) is 7. The predicted molar refractivity (Wildman–Crippen MR) is 133 cm³/mol. The van der Waals surface area contributed by atoms with Gasteiger partial charge in [0, 0.05) is 63.1 Å². The third kappa shape index (κ3) is 5.99. The van der Waals surface area contributed by atoms with Crippen LogP contribution in [0.15, 0.2) is 12.4 Å². The average molecular weight is 473 g/mol. The van der Waals surface area contributed by atoms with E-state index in [9.17, 15) is 9.90 Å². The standard InChI is InChI=1S/C25H40N6O3/c1-5-10-26-23-27-15-21-18(17-31(22(21)28-23)19-6-8-20(32)9-7-19)16-29-11-13-30(14-12-29)24(33)34-25(2,3)4/h15,17,19-20,32H,5-14,16H2,1-4H3,(H,26,27,28). The smallest absolute Gasteiger partial charge is 0.410 e. The monoisotopic (exact) mass is 472 g/mol. The van der Waals surface area contributed by atoms with E-state index < -0.39 is 5.60 Å². The van der Waals surface area contributed by atoms with Gasteiger partial charge in [-0.05, 0) is 58.4 Å². The van der Waals surface area contributed by atoms with Gasteiger partial charge in [0.25, 0.3) is 0 Å². The lowest BCUT2D eigenvalue weighted by Gasteiger charge is -2.35. The number of amides is 1. The summed E-state index contributed by atoms with van der Waals surface area (Å²) in [5.74, 6) is 0.669. The summed E-state index contributed by atoms with van der Waals surface area (Å²) in [5, 5.41) is 14.4. The zero-order valence-corrected chi connectivity index (χ0v) is 21.1. The molecular formula is C25H40N6O3. The van der Waals surface area contributed by atoms with Crippen molar-refractivity contribution in [2.75, 3.05) is 38.0 Å². The number of aliphatic hydroxyl groups is 1. The second-order valence-electron chi connectivity index (χ2n) is 10.6. The third-order valence-corrected chi connectivity index (χ3v) is 6.66. The topological polar surface area (TPSA) is 95.8 Å². The molecule has 1 saturated carbocycles. The van der Waals surface area contributed by atoms with Gasteiger partial charge in [-0.2, -0.15) is 4.98 Å². The SMILES string of the molecule is CCCNc1ncc2c(CN3CCN(C(=O)OC(C)(C)C)CC3)cn(C3CCC(O)CC3)c2n1. The maximum absolute atomic E-state index is 12.4. The molecule has 1 amide bonds. The van der Waals surface area contributed by atoms with Crippen LogP contribution in [0.2, 0.25) is 0 Å². The minimum atomic E-state index is -0.476. The van der Waals surface area contributed by atoms with Gasteiger partial charge < -0.3 is 24.6 Å². The minimum absolute atomic E-state index is 0.185. The molecule has 2 fully saturated rings. The highest BCUT2D eigenvalue weighted by molar-refractivity contribution is 5.81. The van der Waals surface area contributed by atoms with Gasteiger partial charge in [-0.25, -0.2) is 9.78 Å². The van der Waals surface area contributed by atoms with Crippen molar-refractivity contribution >= 4 is 23.1 Å². The number of aliphatic hydroxyl groups excluding tert-OH is 1. The van der Waals surface area contributed by atoms with Gasteiger partial charge in [0.05, 0.1) is 6.10 Å². The molecule has 0 atom stereocenters. The maximum atomic E-state index is 12.4. The van der Waals surface area contributed by atoms with E-state index in [4.69, 9.17) is 9.72 Å². The molecule has 1 saturated heterocycles. The third-order valence-electron chi connectivity index (χ3n) is 6.66. The molecule has 188 valence electrons. The molecule has 0 spiro atoms. The van der Waals surface area contributed by atoms with Gasteiger partial charge in [-0.1, -0.05) is 6.92 Å². The summed E-state index contributed by atoms with van der Waals surface area (Å²) >= 11 is 0. The van der Waals surface area contributed by atoms with E-state index in [0.29, 0.717) is 25.1 Å². The lowest BCUT2D eigenvalue weighted by Crippen LogP contribution is -2.49. The number of hydrogen-bond donors (Lipinski definition) is 2. The van der Waals surface area contributed by atoms with Crippen LogP contribution in [0.1, 0.15) is 71.4 Å². The number of nitrogens with zero attached hydrogens (tertiary/aromatic N) is 5. The Balaban J connectivity index is 1.49. The van der Waals surface area contributed by atoms with Crippen molar-refractivity contribution in [1.29, 1.82) is 0 Å². The Labute approximate surface area is 202 Å². The summed E-state index contributed by atoms with van der Waals surface area (Å²) in [5.41, 5.74) is 1.71. The maximum Gasteiger partial charge on any atom is 0.410 e. The highest BCUT2D eigenvalue weighted by atomic mass is 16.6. The second kappa shape index (κ2) is 10.5. The Hall–Kier alpha value is -2.39. The number of anilines is 1. The van der Waals surface area contributed by atoms with E-state index in [2.05, 4.69) is 32.9 Å². The van der Waals surface area contributed by atoms with Crippen LogP contribution in [0.3, 0.4) is 0 Å². The summed E-state index contributed by atoms with van der Waals surface area (Å²) in [4.78, 5) is 26.0. The largest absolute Gasteiger partial charge is 0.444 e. The number of piperazine rings is 1. The van der Waals surface area contributed by atoms with E-state index in [0.717, 1.165) is 69.3 Å². The number of carbonyl (C=O) groups is 1. The van der Waals surface area contributed by atoms with Crippen LogP contribution < -0.4 is 5.32 Å². The summed E-state index contributed by atoms with van der Waals surface area (Å²) < 4.78 is 7.84. The van der Waals surface area contributed by atoms with Gasteiger partial charge in [0.15, 0.2) is 0 Å². The number of rotatable bonds is 6. The summed E-state index contributed by atoms with van der Waals surface area (Å²) in [7, 11) is 0. The van der Waals surface area contributed by atoms with Crippen LogP contribution in [0.4, 0.5) is 10.7 Å². The van der Waals surface area contributed by atoms with Crippen molar-refractivity contribution in [2.24, 2.45) is 0 Å². The molecule has 0 aromatic carbocycles. The Bertz CT molecular complexity index is 969. The molecule has 0 unspecified atom stereocenters. The molecule has 1 aliphatic heterocycles. The molecular weight excluding hydrogens is 432 g/mol. The average Bonchev–Trinajstić information content (AvgIpc) is 3.15. The molecule has 2 aliphatic rings. The van der Waals surface area contributed by atoms with E-state index in [-0.39, 0.29) is 12.2 Å². The molecule has 3 heterocycles. The number of nitrogens with one attached hydrogen (secondary N) is 1. The molecule has 4 rings (SSSR count). The van der Waals surface area contributed by atoms with Gasteiger partial charge in [0.1, 0.15) is 11.2 Å². The van der Waals surface area contributed by atoms with Crippen LogP contribution in [0.5, 0.6) is 0 Å². The van der Waals surface area contributed by atoms with E-state index in [1.807, 2.05) is 27.0 Å². The number of aromatic nitrogens is 3. The zero-order chi connectivity index (χ0) is 24.3. The summed E-state index contributed by atoms with van der Waals surface area (Å²) in [6.07, 6.45) is 8.37. The molecule has 0 radical (unpaired) electrons. The first-order valence-electron chi connectivity index (χ1n) is 12.7. The van der Waals surface area contributed by atoms with Crippen LogP contribution in [0.25, 0.3) is 11.0 Å². The van der Waals surface area contributed by atoms with Crippen molar-refractivity contribution in [1.82, 2.24) is 24.3 Å². The van der Waals surface area contributed by atoms with Gasteiger partial charge in [0.2, 0.25) is 5.95 Å². The molecule has 9 heteroatoms. The van der Waals surface area contributed by atoms with E-state index in [1.54, 1.807) is 4.90 Å². The molecule has 9 nitrogen and oxygen atoms in total. The van der Waals surface area contributed by atoms with Crippen LogP contribution >= 0.6 is 0 Å².